The molecule has 0 spiro atoms. The van der Waals surface area contributed by atoms with Gasteiger partial charge in [0.2, 0.25) is 5.75 Å². The Labute approximate surface area is 129 Å². The first-order chi connectivity index (χ1) is 9.41. The molecule has 0 aliphatic carbocycles. The molecule has 0 aliphatic rings. The van der Waals surface area contributed by atoms with Crippen molar-refractivity contribution in [1.29, 1.82) is 0 Å². The lowest BCUT2D eigenvalue weighted by Crippen LogP contribution is -1.94. The number of ether oxygens (including phenoxy) is 2. The molecule has 1 aromatic rings. The van der Waals surface area contributed by atoms with Crippen LogP contribution >= 0.6 is 22.9 Å². The smallest absolute Gasteiger partial charge is 0.220 e. The van der Waals surface area contributed by atoms with Crippen LogP contribution in [0, 0.1) is 11.2 Å². The highest BCUT2D eigenvalue weighted by atomic mass is 32.3. The number of thiol groups is 1. The molecular weight excluding hydrogens is 292 g/mol. The molecule has 0 saturated heterocycles. The van der Waals surface area contributed by atoms with E-state index in [-0.39, 0.29) is 0 Å². The normalized spacial score (nSPS) is 10.4. The Kier molecular flexibility index (Phi) is 8.43. The van der Waals surface area contributed by atoms with E-state index in [4.69, 9.17) is 13.7 Å². The Bertz CT molecular complexity index is 457. The molecule has 0 aromatic heterocycles. The van der Waals surface area contributed by atoms with Crippen LogP contribution in [0.3, 0.4) is 0 Å². The summed E-state index contributed by atoms with van der Waals surface area (Å²) in [5, 5.41) is 3.24. The molecule has 0 aliphatic heterocycles. The van der Waals surface area contributed by atoms with Gasteiger partial charge < -0.3 is 13.7 Å². The van der Waals surface area contributed by atoms with Crippen LogP contribution in [0.25, 0.3) is 0 Å². The third kappa shape index (κ3) is 5.89. The van der Waals surface area contributed by atoms with E-state index < -0.39 is 10.0 Å². The summed E-state index contributed by atoms with van der Waals surface area (Å²) in [6.07, 6.45) is 6.42. The second-order valence-corrected chi connectivity index (χ2v) is 8.43. The van der Waals surface area contributed by atoms with E-state index in [1.807, 2.05) is 26.0 Å². The van der Waals surface area contributed by atoms with Crippen molar-refractivity contribution in [3.8, 4) is 28.4 Å². The molecular formula is C15H24O3S2. The van der Waals surface area contributed by atoms with Gasteiger partial charge in [0.15, 0.2) is 11.5 Å². The minimum Gasteiger partial charge on any atom is -0.493 e. The highest BCUT2D eigenvalue weighted by molar-refractivity contribution is 8.35. The van der Waals surface area contributed by atoms with Crippen LogP contribution in [0.15, 0.2) is 12.1 Å². The lowest BCUT2D eigenvalue weighted by molar-refractivity contribution is 0.371. The van der Waals surface area contributed by atoms with Gasteiger partial charge >= 0.3 is 0 Å². The Morgan fingerprint density at radius 3 is 1.75 bits per heavy atom. The topological polar surface area (TPSA) is 27.7 Å². The molecule has 3 nitrogen and oxygen atoms in total. The van der Waals surface area contributed by atoms with Crippen molar-refractivity contribution in [1.82, 2.24) is 0 Å². The molecule has 0 atom stereocenters. The molecule has 0 unspecified atom stereocenters. The van der Waals surface area contributed by atoms with Crippen molar-refractivity contribution in [2.45, 2.75) is 13.8 Å². The van der Waals surface area contributed by atoms with Gasteiger partial charge in [-0.05, 0) is 36.2 Å². The van der Waals surface area contributed by atoms with Crippen molar-refractivity contribution in [3.63, 3.8) is 0 Å². The van der Waals surface area contributed by atoms with Gasteiger partial charge in [0.1, 0.15) is 0 Å². The van der Waals surface area contributed by atoms with E-state index in [0.29, 0.717) is 17.2 Å². The first-order valence-electron chi connectivity index (χ1n) is 6.20. The minimum absolute atomic E-state index is 0.456. The van der Waals surface area contributed by atoms with E-state index in [2.05, 4.69) is 42.8 Å². The van der Waals surface area contributed by atoms with Crippen LogP contribution in [0.1, 0.15) is 19.4 Å². The van der Waals surface area contributed by atoms with Crippen LogP contribution in [-0.4, -0.2) is 33.0 Å². The first kappa shape index (κ1) is 18.9. The number of benzene rings is 1. The maximum Gasteiger partial charge on any atom is 0.220 e. The lowest BCUT2D eigenvalue weighted by atomic mass is 10.2. The molecule has 0 bridgehead atoms. The molecule has 20 heavy (non-hydrogen) atoms. The van der Waals surface area contributed by atoms with Gasteiger partial charge in [-0.2, -0.15) is 10.0 Å². The summed E-state index contributed by atoms with van der Waals surface area (Å²) in [5.41, 5.74) is 0.834. The van der Waals surface area contributed by atoms with Gasteiger partial charge in [-0.25, -0.2) is 0 Å². The van der Waals surface area contributed by atoms with Crippen molar-refractivity contribution < 1.29 is 13.7 Å². The summed E-state index contributed by atoms with van der Waals surface area (Å²) in [6.45, 7) is 4.00. The van der Waals surface area contributed by atoms with Gasteiger partial charge in [0.25, 0.3) is 0 Å². The Hall–Kier alpha value is -1.12. The van der Waals surface area contributed by atoms with E-state index in [0.717, 1.165) is 5.56 Å². The molecule has 114 valence electrons. The lowest BCUT2D eigenvalue weighted by Gasteiger charge is -2.15. The number of hydrogen-bond donors (Lipinski definition) is 1. The number of hydrogen-bond acceptors (Lipinski definition) is 4. The van der Waals surface area contributed by atoms with Crippen molar-refractivity contribution >= 4 is 22.9 Å². The maximum atomic E-state index is 5.24. The van der Waals surface area contributed by atoms with Gasteiger partial charge in [0.05, 0.1) is 14.2 Å². The van der Waals surface area contributed by atoms with Crippen LogP contribution in [0.4, 0.5) is 0 Å². The van der Waals surface area contributed by atoms with Gasteiger partial charge in [0, 0.05) is 18.5 Å². The number of methoxy groups -OCH3 is 2. The van der Waals surface area contributed by atoms with Crippen molar-refractivity contribution in [2.24, 2.45) is 0 Å². The van der Waals surface area contributed by atoms with Crippen LogP contribution in [0.2, 0.25) is 0 Å². The van der Waals surface area contributed by atoms with E-state index in [1.54, 1.807) is 14.2 Å². The molecule has 5 heteroatoms. The molecule has 1 rings (SSSR count). The van der Waals surface area contributed by atoms with E-state index >= 15 is 0 Å². The van der Waals surface area contributed by atoms with Crippen LogP contribution in [0.5, 0.6) is 17.2 Å². The predicted octanol–water partition coefficient (Wildman–Crippen LogP) is 3.96. The Balaban J connectivity index is 0.00000172. The third-order valence-corrected chi connectivity index (χ3v) is 2.95. The second kappa shape index (κ2) is 8.93. The fourth-order valence-electron chi connectivity index (χ4n) is 1.25. The molecule has 0 heterocycles. The fraction of sp³-hybridized carbons (Fsp3) is 0.467. The fourth-order valence-corrected chi connectivity index (χ4v) is 1.86. The Morgan fingerprint density at radius 2 is 1.45 bits per heavy atom. The van der Waals surface area contributed by atoms with Crippen molar-refractivity contribution in [3.05, 3.63) is 17.7 Å². The van der Waals surface area contributed by atoms with Crippen LogP contribution in [-0.2, 0) is 0 Å². The van der Waals surface area contributed by atoms with Gasteiger partial charge in [-0.15, -0.1) is 0 Å². The maximum absolute atomic E-state index is 5.24. The second-order valence-electron chi connectivity index (χ2n) is 4.37. The molecule has 1 aromatic carbocycles. The van der Waals surface area contributed by atoms with Gasteiger partial charge in [-0.3, -0.25) is 0 Å². The summed E-state index contributed by atoms with van der Waals surface area (Å²) in [6, 6.07) is 3.62. The molecule has 0 fully saturated rings. The quantitative estimate of drug-likeness (QED) is 0.520. The average molecular weight is 316 g/mol. The zero-order chi connectivity index (χ0) is 15.8. The Morgan fingerprint density at radius 1 is 1.00 bits per heavy atom. The average Bonchev–Trinajstić information content (AvgIpc) is 2.45. The molecule has 0 saturated carbocycles. The summed E-state index contributed by atoms with van der Waals surface area (Å²) in [4.78, 5) is 0. The highest BCUT2D eigenvalue weighted by Gasteiger charge is 2.13. The third-order valence-electron chi connectivity index (χ3n) is 2.05. The van der Waals surface area contributed by atoms with E-state index in [9.17, 15) is 0 Å². The molecule has 0 radical (unpaired) electrons. The SMILES string of the molecule is CC.COc1cc(C#CS(C)(C)C)cc(OC)c1OS. The monoisotopic (exact) mass is 316 g/mol. The summed E-state index contributed by atoms with van der Waals surface area (Å²) in [5.74, 6) is 4.69. The van der Waals surface area contributed by atoms with Crippen molar-refractivity contribution in [2.75, 3.05) is 33.0 Å². The zero-order valence-corrected chi connectivity index (χ0v) is 14.9. The van der Waals surface area contributed by atoms with Gasteiger partial charge in [-0.1, -0.05) is 19.8 Å². The number of rotatable bonds is 3. The van der Waals surface area contributed by atoms with Crippen LogP contribution < -0.4 is 13.7 Å². The predicted molar refractivity (Wildman–Crippen MR) is 92.7 cm³/mol. The highest BCUT2D eigenvalue weighted by Crippen LogP contribution is 2.39. The first-order valence-corrected chi connectivity index (χ1v) is 9.42. The molecule has 0 amide bonds. The standard InChI is InChI=1S/C13H18O3S2.C2H6/c1-14-11-8-10(6-7-18(3,4)5)9-12(15-2)13(11)16-17;1-2/h8-9,17H,1-5H3;1-2H3. The summed E-state index contributed by atoms with van der Waals surface area (Å²) < 4.78 is 15.4. The summed E-state index contributed by atoms with van der Waals surface area (Å²) in [7, 11) is 2.27. The molecule has 0 N–H and O–H groups in total. The largest absolute Gasteiger partial charge is 0.493 e. The van der Waals surface area contributed by atoms with E-state index in [1.165, 1.54) is 0 Å². The summed E-state index contributed by atoms with van der Waals surface area (Å²) >= 11 is 3.80. The minimum atomic E-state index is -0.866. The zero-order valence-electron chi connectivity index (χ0n) is 13.2.